The van der Waals surface area contributed by atoms with Crippen LogP contribution in [0.3, 0.4) is 0 Å². The number of hydrogen-bond donors (Lipinski definition) is 0. The number of nitrogens with zero attached hydrogens (tertiary/aromatic N) is 2. The predicted octanol–water partition coefficient (Wildman–Crippen LogP) is 3.45. The summed E-state index contributed by atoms with van der Waals surface area (Å²) in [6, 6.07) is 18.0. The summed E-state index contributed by atoms with van der Waals surface area (Å²) in [5.74, 6) is 0.982. The van der Waals surface area contributed by atoms with Crippen LogP contribution in [0.1, 0.15) is 12.5 Å². The molecule has 0 unspecified atom stereocenters. The van der Waals surface area contributed by atoms with Crippen molar-refractivity contribution in [1.82, 2.24) is 4.90 Å². The van der Waals surface area contributed by atoms with Gasteiger partial charge < -0.3 is 14.5 Å². The van der Waals surface area contributed by atoms with E-state index in [2.05, 4.69) is 11.0 Å². The molecule has 25 heavy (non-hydrogen) atoms. The first-order chi connectivity index (χ1) is 12.3. The molecule has 1 heterocycles. The van der Waals surface area contributed by atoms with E-state index in [9.17, 15) is 4.79 Å². The maximum atomic E-state index is 12.4. The quantitative estimate of drug-likeness (QED) is 0.784. The number of para-hydroxylation sites is 2. The van der Waals surface area contributed by atoms with Crippen LogP contribution in [-0.4, -0.2) is 43.6 Å². The lowest BCUT2D eigenvalue weighted by molar-refractivity contribution is -0.126. The molecular formula is C21H24N2O2. The van der Waals surface area contributed by atoms with E-state index in [1.807, 2.05) is 66.4 Å². The molecule has 2 aromatic carbocycles. The molecule has 2 aromatic rings. The maximum Gasteiger partial charge on any atom is 0.246 e. The molecule has 0 saturated carbocycles. The Morgan fingerprint density at radius 2 is 1.68 bits per heavy atom. The second-order valence-corrected chi connectivity index (χ2v) is 5.96. The van der Waals surface area contributed by atoms with Crippen molar-refractivity contribution < 1.29 is 9.53 Å². The number of benzene rings is 2. The maximum absolute atomic E-state index is 12.4. The van der Waals surface area contributed by atoms with Crippen LogP contribution in [0.25, 0.3) is 6.08 Å². The van der Waals surface area contributed by atoms with E-state index in [1.54, 1.807) is 6.08 Å². The van der Waals surface area contributed by atoms with Crippen molar-refractivity contribution in [3.63, 3.8) is 0 Å². The van der Waals surface area contributed by atoms with Crippen LogP contribution in [0.2, 0.25) is 0 Å². The zero-order chi connectivity index (χ0) is 17.5. The lowest BCUT2D eigenvalue weighted by Gasteiger charge is -2.36. The van der Waals surface area contributed by atoms with E-state index in [0.717, 1.165) is 43.2 Å². The Morgan fingerprint density at radius 3 is 2.40 bits per heavy atom. The number of rotatable bonds is 5. The number of hydrogen-bond acceptors (Lipinski definition) is 3. The van der Waals surface area contributed by atoms with E-state index in [-0.39, 0.29) is 5.91 Å². The van der Waals surface area contributed by atoms with E-state index in [4.69, 9.17) is 4.74 Å². The first kappa shape index (κ1) is 17.1. The van der Waals surface area contributed by atoms with Gasteiger partial charge in [0.1, 0.15) is 5.75 Å². The molecule has 1 aliphatic rings. The van der Waals surface area contributed by atoms with E-state index < -0.39 is 0 Å². The third-order valence-electron chi connectivity index (χ3n) is 4.32. The molecule has 1 fully saturated rings. The first-order valence-electron chi connectivity index (χ1n) is 8.76. The molecule has 1 saturated heterocycles. The van der Waals surface area contributed by atoms with Gasteiger partial charge in [0.15, 0.2) is 0 Å². The van der Waals surface area contributed by atoms with Crippen LogP contribution in [0.5, 0.6) is 5.75 Å². The molecular weight excluding hydrogens is 312 g/mol. The Labute approximate surface area is 149 Å². The molecule has 0 radical (unpaired) electrons. The Kier molecular flexibility index (Phi) is 5.73. The van der Waals surface area contributed by atoms with Crippen LogP contribution < -0.4 is 9.64 Å². The Bertz CT molecular complexity index is 720. The van der Waals surface area contributed by atoms with Gasteiger partial charge in [-0.05, 0) is 30.7 Å². The topological polar surface area (TPSA) is 32.8 Å². The fourth-order valence-electron chi connectivity index (χ4n) is 3.00. The van der Waals surface area contributed by atoms with Gasteiger partial charge >= 0.3 is 0 Å². The highest BCUT2D eigenvalue weighted by Gasteiger charge is 2.21. The highest BCUT2D eigenvalue weighted by atomic mass is 16.5. The van der Waals surface area contributed by atoms with Gasteiger partial charge in [0.25, 0.3) is 0 Å². The monoisotopic (exact) mass is 336 g/mol. The SMILES string of the molecule is CCOc1ccccc1N1CCN(C(=O)/C=C/c2ccccc2)CC1. The molecule has 0 aliphatic carbocycles. The standard InChI is InChI=1S/C21H24N2O2/c1-2-25-20-11-7-6-10-19(20)22-14-16-23(17-15-22)21(24)13-12-18-8-4-3-5-9-18/h3-13H,2,14-17H2,1H3/b13-12+. The lowest BCUT2D eigenvalue weighted by Crippen LogP contribution is -2.48. The molecule has 0 bridgehead atoms. The van der Waals surface area contributed by atoms with Gasteiger partial charge in [-0.2, -0.15) is 0 Å². The smallest absolute Gasteiger partial charge is 0.246 e. The molecule has 4 heteroatoms. The van der Waals surface area contributed by atoms with Crippen molar-refractivity contribution in [2.75, 3.05) is 37.7 Å². The third kappa shape index (κ3) is 4.41. The molecule has 130 valence electrons. The van der Waals surface area contributed by atoms with E-state index >= 15 is 0 Å². The van der Waals surface area contributed by atoms with Crippen molar-refractivity contribution in [3.8, 4) is 5.75 Å². The molecule has 1 aliphatic heterocycles. The van der Waals surface area contributed by atoms with Crippen molar-refractivity contribution in [2.45, 2.75) is 6.92 Å². The summed E-state index contributed by atoms with van der Waals surface area (Å²) < 4.78 is 5.72. The largest absolute Gasteiger partial charge is 0.492 e. The fraction of sp³-hybridized carbons (Fsp3) is 0.286. The Balaban J connectivity index is 1.58. The molecule has 1 amide bonds. The highest BCUT2D eigenvalue weighted by Crippen LogP contribution is 2.28. The zero-order valence-electron chi connectivity index (χ0n) is 14.6. The van der Waals surface area contributed by atoms with Crippen LogP contribution in [0, 0.1) is 0 Å². The number of amides is 1. The highest BCUT2D eigenvalue weighted by molar-refractivity contribution is 5.92. The summed E-state index contributed by atoms with van der Waals surface area (Å²) in [6.45, 7) is 5.72. The van der Waals surface area contributed by atoms with Crippen molar-refractivity contribution >= 4 is 17.7 Å². The normalized spacial score (nSPS) is 14.8. The van der Waals surface area contributed by atoms with Gasteiger partial charge in [0.2, 0.25) is 5.91 Å². The summed E-state index contributed by atoms with van der Waals surface area (Å²) in [5.41, 5.74) is 2.15. The van der Waals surface area contributed by atoms with Gasteiger partial charge in [-0.3, -0.25) is 4.79 Å². The second-order valence-electron chi connectivity index (χ2n) is 5.96. The van der Waals surface area contributed by atoms with Crippen LogP contribution in [0.15, 0.2) is 60.7 Å². The Hall–Kier alpha value is -2.75. The molecule has 0 spiro atoms. The number of carbonyl (C=O) groups is 1. The van der Waals surface area contributed by atoms with E-state index in [1.165, 1.54) is 0 Å². The number of ether oxygens (including phenoxy) is 1. The molecule has 0 N–H and O–H groups in total. The van der Waals surface area contributed by atoms with Crippen molar-refractivity contribution in [2.24, 2.45) is 0 Å². The minimum absolute atomic E-state index is 0.0709. The van der Waals surface area contributed by atoms with Gasteiger partial charge in [-0.15, -0.1) is 0 Å². The second kappa shape index (κ2) is 8.38. The van der Waals surface area contributed by atoms with Crippen molar-refractivity contribution in [1.29, 1.82) is 0 Å². The minimum Gasteiger partial charge on any atom is -0.492 e. The average molecular weight is 336 g/mol. The lowest BCUT2D eigenvalue weighted by atomic mass is 10.2. The van der Waals surface area contributed by atoms with E-state index in [0.29, 0.717) is 6.61 Å². The van der Waals surface area contributed by atoms with Gasteiger partial charge in [-0.1, -0.05) is 42.5 Å². The minimum atomic E-state index is 0.0709. The van der Waals surface area contributed by atoms with Crippen LogP contribution in [0.4, 0.5) is 5.69 Å². The van der Waals surface area contributed by atoms with Gasteiger partial charge in [0.05, 0.1) is 12.3 Å². The number of piperazine rings is 1. The first-order valence-corrected chi connectivity index (χ1v) is 8.76. The molecule has 3 rings (SSSR count). The zero-order valence-corrected chi connectivity index (χ0v) is 14.6. The fourth-order valence-corrected chi connectivity index (χ4v) is 3.00. The van der Waals surface area contributed by atoms with Crippen molar-refractivity contribution in [3.05, 3.63) is 66.2 Å². The average Bonchev–Trinajstić information content (AvgIpc) is 2.68. The molecule has 4 nitrogen and oxygen atoms in total. The Morgan fingerprint density at radius 1 is 1.00 bits per heavy atom. The van der Waals surface area contributed by atoms with Gasteiger partial charge in [0, 0.05) is 32.3 Å². The van der Waals surface area contributed by atoms with Gasteiger partial charge in [-0.25, -0.2) is 0 Å². The summed E-state index contributed by atoms with van der Waals surface area (Å²) in [6.07, 6.45) is 3.54. The predicted molar refractivity (Wildman–Crippen MR) is 102 cm³/mol. The summed E-state index contributed by atoms with van der Waals surface area (Å²) in [7, 11) is 0. The number of carbonyl (C=O) groups excluding carboxylic acids is 1. The number of anilines is 1. The van der Waals surface area contributed by atoms with Crippen LogP contribution in [-0.2, 0) is 4.79 Å². The third-order valence-corrected chi connectivity index (χ3v) is 4.32. The van der Waals surface area contributed by atoms with Crippen LogP contribution >= 0.6 is 0 Å². The summed E-state index contributed by atoms with van der Waals surface area (Å²) in [5, 5.41) is 0. The molecule has 0 aromatic heterocycles. The summed E-state index contributed by atoms with van der Waals surface area (Å²) in [4.78, 5) is 16.6. The molecule has 0 atom stereocenters. The summed E-state index contributed by atoms with van der Waals surface area (Å²) >= 11 is 0.